The average Bonchev–Trinajstić information content (AvgIpc) is 2.54. The van der Waals surface area contributed by atoms with Crippen LogP contribution in [0.5, 0.6) is 0 Å². The number of hydrogen-bond acceptors (Lipinski definition) is 5. The summed E-state index contributed by atoms with van der Waals surface area (Å²) in [6.45, 7) is 1.92. The minimum absolute atomic E-state index is 0.0251. The predicted octanol–water partition coefficient (Wildman–Crippen LogP) is 5.11. The Labute approximate surface area is 147 Å². The van der Waals surface area contributed by atoms with Crippen molar-refractivity contribution in [1.29, 1.82) is 0 Å². The zero-order chi connectivity index (χ0) is 17.1. The third-order valence-electron chi connectivity index (χ3n) is 3.19. The van der Waals surface area contributed by atoms with Gasteiger partial charge in [0.25, 0.3) is 0 Å². The lowest BCUT2D eigenvalue weighted by molar-refractivity contribution is 0.628. The molecule has 8 heteroatoms. The highest BCUT2D eigenvalue weighted by Crippen LogP contribution is 2.24. The van der Waals surface area contributed by atoms with Crippen molar-refractivity contribution in [2.24, 2.45) is 0 Å². The fraction of sp³-hybridized carbons (Fsp3) is 0.0625. The number of aryl methyl sites for hydroxylation is 1. The van der Waals surface area contributed by atoms with Gasteiger partial charge in [-0.1, -0.05) is 23.2 Å². The molecule has 0 aliphatic rings. The van der Waals surface area contributed by atoms with Crippen molar-refractivity contribution in [3.8, 4) is 0 Å². The summed E-state index contributed by atoms with van der Waals surface area (Å²) in [7, 11) is 0. The van der Waals surface area contributed by atoms with Crippen molar-refractivity contribution in [1.82, 2.24) is 15.2 Å². The molecule has 0 fully saturated rings. The molecule has 1 heterocycles. The van der Waals surface area contributed by atoms with Gasteiger partial charge < -0.3 is 10.6 Å². The molecule has 0 amide bonds. The highest BCUT2D eigenvalue weighted by molar-refractivity contribution is 6.31. The van der Waals surface area contributed by atoms with Crippen LogP contribution >= 0.6 is 23.2 Å². The first-order valence-electron chi connectivity index (χ1n) is 6.96. The van der Waals surface area contributed by atoms with Crippen molar-refractivity contribution in [3.63, 3.8) is 0 Å². The molecular formula is C16H12Cl2FN5. The monoisotopic (exact) mass is 363 g/mol. The van der Waals surface area contributed by atoms with Gasteiger partial charge in [0.15, 0.2) is 5.82 Å². The van der Waals surface area contributed by atoms with Crippen LogP contribution in [0.15, 0.2) is 42.6 Å². The predicted molar refractivity (Wildman–Crippen MR) is 94.0 cm³/mol. The summed E-state index contributed by atoms with van der Waals surface area (Å²) in [5.41, 5.74) is 2.37. The lowest BCUT2D eigenvalue weighted by atomic mass is 10.2. The third kappa shape index (κ3) is 3.90. The fourth-order valence-corrected chi connectivity index (χ4v) is 2.43. The van der Waals surface area contributed by atoms with E-state index in [0.717, 1.165) is 11.3 Å². The van der Waals surface area contributed by atoms with Crippen molar-refractivity contribution in [3.05, 3.63) is 64.0 Å². The van der Waals surface area contributed by atoms with Gasteiger partial charge >= 0.3 is 0 Å². The average molecular weight is 364 g/mol. The summed E-state index contributed by atoms with van der Waals surface area (Å²) in [4.78, 5) is 4.31. The van der Waals surface area contributed by atoms with Crippen molar-refractivity contribution >= 4 is 46.3 Å². The molecule has 0 saturated heterocycles. The van der Waals surface area contributed by atoms with Gasteiger partial charge in [-0.3, -0.25) is 0 Å². The van der Waals surface area contributed by atoms with E-state index in [-0.39, 0.29) is 5.02 Å². The Morgan fingerprint density at radius 1 is 1.04 bits per heavy atom. The standard InChI is InChI=1S/C16H12Cl2FN5/c1-9-6-10(17)2-5-14(9)22-16-23-15(8-20-24-16)21-11-3-4-13(19)12(18)7-11/h2-8H,1H3,(H2,21,22,23,24). The second kappa shape index (κ2) is 6.98. The third-order valence-corrected chi connectivity index (χ3v) is 3.71. The van der Waals surface area contributed by atoms with E-state index in [1.807, 2.05) is 19.1 Å². The maximum absolute atomic E-state index is 13.2. The van der Waals surface area contributed by atoms with Crippen LogP contribution in [0.4, 0.5) is 27.5 Å². The Morgan fingerprint density at radius 2 is 1.88 bits per heavy atom. The number of nitrogens with zero attached hydrogens (tertiary/aromatic N) is 3. The second-order valence-corrected chi connectivity index (χ2v) is 5.85. The molecule has 24 heavy (non-hydrogen) atoms. The molecule has 0 bridgehead atoms. The van der Waals surface area contributed by atoms with Gasteiger partial charge in [0.05, 0.1) is 11.2 Å². The zero-order valence-corrected chi connectivity index (χ0v) is 14.0. The summed E-state index contributed by atoms with van der Waals surface area (Å²) in [5.74, 6) is 0.282. The van der Waals surface area contributed by atoms with E-state index in [1.165, 1.54) is 18.3 Å². The van der Waals surface area contributed by atoms with Gasteiger partial charge in [-0.05, 0) is 48.9 Å². The number of benzene rings is 2. The van der Waals surface area contributed by atoms with Crippen LogP contribution in [0.1, 0.15) is 5.56 Å². The molecule has 0 radical (unpaired) electrons. The first-order valence-corrected chi connectivity index (χ1v) is 7.72. The molecule has 0 spiro atoms. The van der Waals surface area contributed by atoms with Crippen LogP contribution in [0.3, 0.4) is 0 Å². The minimum Gasteiger partial charge on any atom is -0.339 e. The van der Waals surface area contributed by atoms with Crippen molar-refractivity contribution in [2.45, 2.75) is 6.92 Å². The van der Waals surface area contributed by atoms with Crippen LogP contribution in [0, 0.1) is 12.7 Å². The van der Waals surface area contributed by atoms with Gasteiger partial charge in [0.1, 0.15) is 5.82 Å². The van der Waals surface area contributed by atoms with E-state index in [9.17, 15) is 4.39 Å². The Morgan fingerprint density at radius 3 is 2.62 bits per heavy atom. The molecule has 3 rings (SSSR count). The van der Waals surface area contributed by atoms with Crippen LogP contribution in [-0.4, -0.2) is 15.2 Å². The summed E-state index contributed by atoms with van der Waals surface area (Å²) >= 11 is 11.7. The molecule has 3 aromatic rings. The minimum atomic E-state index is -0.483. The molecule has 0 aliphatic carbocycles. The molecule has 1 aromatic heterocycles. The van der Waals surface area contributed by atoms with E-state index in [2.05, 4.69) is 25.8 Å². The Balaban J connectivity index is 1.79. The smallest absolute Gasteiger partial charge is 0.249 e. The molecule has 2 N–H and O–H groups in total. The Kier molecular flexibility index (Phi) is 4.78. The van der Waals surface area contributed by atoms with Crippen molar-refractivity contribution < 1.29 is 4.39 Å². The maximum Gasteiger partial charge on any atom is 0.249 e. The number of halogens is 3. The highest BCUT2D eigenvalue weighted by atomic mass is 35.5. The molecule has 0 saturated carbocycles. The van der Waals surface area contributed by atoms with E-state index in [1.54, 1.807) is 12.1 Å². The van der Waals surface area contributed by atoms with Crippen LogP contribution in [0.2, 0.25) is 10.0 Å². The number of anilines is 4. The molecule has 122 valence electrons. The number of nitrogens with one attached hydrogen (secondary N) is 2. The topological polar surface area (TPSA) is 62.7 Å². The van der Waals surface area contributed by atoms with E-state index in [4.69, 9.17) is 23.2 Å². The van der Waals surface area contributed by atoms with Crippen LogP contribution in [0.25, 0.3) is 0 Å². The molecule has 5 nitrogen and oxygen atoms in total. The van der Waals surface area contributed by atoms with E-state index >= 15 is 0 Å². The Hall–Kier alpha value is -2.44. The first kappa shape index (κ1) is 16.4. The Bertz CT molecular complexity index is 888. The SMILES string of the molecule is Cc1cc(Cl)ccc1Nc1nncc(Nc2ccc(F)c(Cl)c2)n1. The van der Waals surface area contributed by atoms with Crippen LogP contribution < -0.4 is 10.6 Å². The zero-order valence-electron chi connectivity index (χ0n) is 12.5. The first-order chi connectivity index (χ1) is 11.5. The number of aromatic nitrogens is 3. The van der Waals surface area contributed by atoms with Gasteiger partial charge in [-0.15, -0.1) is 5.10 Å². The number of rotatable bonds is 4. The van der Waals surface area contributed by atoms with E-state index < -0.39 is 5.82 Å². The lowest BCUT2D eigenvalue weighted by Crippen LogP contribution is -2.03. The van der Waals surface area contributed by atoms with Gasteiger partial charge in [-0.25, -0.2) is 4.39 Å². The summed E-state index contributed by atoms with van der Waals surface area (Å²) in [5, 5.41) is 14.6. The second-order valence-electron chi connectivity index (χ2n) is 5.00. The largest absolute Gasteiger partial charge is 0.339 e. The summed E-state index contributed by atoms with van der Waals surface area (Å²) in [6, 6.07) is 9.73. The van der Waals surface area contributed by atoms with Gasteiger partial charge in [-0.2, -0.15) is 10.1 Å². The highest BCUT2D eigenvalue weighted by Gasteiger charge is 2.06. The summed E-state index contributed by atoms with van der Waals surface area (Å²) < 4.78 is 13.2. The summed E-state index contributed by atoms with van der Waals surface area (Å²) in [6.07, 6.45) is 1.46. The molecule has 0 atom stereocenters. The lowest BCUT2D eigenvalue weighted by Gasteiger charge is -2.10. The number of hydrogen-bond donors (Lipinski definition) is 2. The molecule has 2 aromatic carbocycles. The fourth-order valence-electron chi connectivity index (χ4n) is 2.03. The normalized spacial score (nSPS) is 10.5. The maximum atomic E-state index is 13.2. The van der Waals surface area contributed by atoms with Gasteiger partial charge in [0.2, 0.25) is 5.95 Å². The van der Waals surface area contributed by atoms with Crippen molar-refractivity contribution in [2.75, 3.05) is 10.6 Å². The van der Waals surface area contributed by atoms with Gasteiger partial charge in [0, 0.05) is 16.4 Å². The quantitative estimate of drug-likeness (QED) is 0.673. The van der Waals surface area contributed by atoms with E-state index in [0.29, 0.717) is 22.5 Å². The molecule has 0 unspecified atom stereocenters. The molecule has 0 aliphatic heterocycles. The molecular weight excluding hydrogens is 352 g/mol. The van der Waals surface area contributed by atoms with Crippen LogP contribution in [-0.2, 0) is 0 Å².